The van der Waals surface area contributed by atoms with Crippen LogP contribution < -0.4 is 14.8 Å². The molecule has 0 aliphatic heterocycles. The van der Waals surface area contributed by atoms with E-state index in [2.05, 4.69) is 20.0 Å². The van der Waals surface area contributed by atoms with E-state index in [1.807, 2.05) is 0 Å². The van der Waals surface area contributed by atoms with E-state index in [9.17, 15) is 23.3 Å². The lowest BCUT2D eigenvalue weighted by atomic mass is 10.3. The molecule has 2 heterocycles. The van der Waals surface area contributed by atoms with Crippen LogP contribution in [0.4, 0.5) is 17.3 Å². The highest BCUT2D eigenvalue weighted by molar-refractivity contribution is 7.92. The van der Waals surface area contributed by atoms with Crippen molar-refractivity contribution in [3.63, 3.8) is 0 Å². The summed E-state index contributed by atoms with van der Waals surface area (Å²) in [6.07, 6.45) is 2.81. The highest BCUT2D eigenvalue weighted by atomic mass is 32.2. The Kier molecular flexibility index (Phi) is 6.69. The van der Waals surface area contributed by atoms with E-state index in [1.165, 1.54) is 67.0 Å². The van der Waals surface area contributed by atoms with Crippen LogP contribution in [0.5, 0.6) is 5.75 Å². The van der Waals surface area contributed by atoms with E-state index in [1.54, 1.807) is 12.1 Å². The van der Waals surface area contributed by atoms with Gasteiger partial charge in [0.1, 0.15) is 12.4 Å². The Bertz CT molecular complexity index is 1460. The average Bonchev–Trinajstić information content (AvgIpc) is 3.33. The number of hydrogen-bond acceptors (Lipinski definition) is 9. The van der Waals surface area contributed by atoms with Crippen LogP contribution in [-0.2, 0) is 16.6 Å². The Morgan fingerprint density at radius 2 is 1.71 bits per heavy atom. The minimum Gasteiger partial charge on any atom is -0.479 e. The first kappa shape index (κ1) is 23.4. The number of furan rings is 1. The van der Waals surface area contributed by atoms with Gasteiger partial charge in [-0.3, -0.25) is 14.9 Å². The van der Waals surface area contributed by atoms with Crippen molar-refractivity contribution in [3.8, 4) is 5.75 Å². The van der Waals surface area contributed by atoms with Crippen LogP contribution in [0.3, 0.4) is 0 Å². The van der Waals surface area contributed by atoms with E-state index in [-0.39, 0.29) is 40.4 Å². The molecule has 0 unspecified atom stereocenters. The summed E-state index contributed by atoms with van der Waals surface area (Å²) in [7, 11) is -3.91. The Labute approximate surface area is 198 Å². The highest BCUT2D eigenvalue weighted by Gasteiger charge is 2.18. The van der Waals surface area contributed by atoms with Crippen molar-refractivity contribution in [2.45, 2.75) is 11.5 Å². The summed E-state index contributed by atoms with van der Waals surface area (Å²) in [5, 5.41) is 13.7. The Balaban J connectivity index is 1.37. The van der Waals surface area contributed by atoms with Crippen LogP contribution in [0.25, 0.3) is 0 Å². The molecule has 0 fully saturated rings. The minimum atomic E-state index is -3.91. The number of para-hydroxylation sites is 2. The van der Waals surface area contributed by atoms with Crippen LogP contribution in [0.2, 0.25) is 0 Å². The van der Waals surface area contributed by atoms with E-state index < -0.39 is 20.9 Å². The molecule has 13 heteroatoms. The first-order chi connectivity index (χ1) is 16.8. The summed E-state index contributed by atoms with van der Waals surface area (Å²) in [4.78, 5) is 30.6. The molecule has 2 N–H and O–H groups in total. The van der Waals surface area contributed by atoms with E-state index in [4.69, 9.17) is 9.15 Å². The van der Waals surface area contributed by atoms with Crippen LogP contribution in [-0.4, -0.2) is 29.2 Å². The van der Waals surface area contributed by atoms with E-state index in [0.29, 0.717) is 5.69 Å². The van der Waals surface area contributed by atoms with Crippen molar-refractivity contribution in [1.82, 2.24) is 9.97 Å². The van der Waals surface area contributed by atoms with Crippen molar-refractivity contribution in [2.75, 3.05) is 10.0 Å². The number of anilines is 2. The number of hydrogen-bond donors (Lipinski definition) is 2. The molecular formula is C22H17N5O7S. The number of nitro groups is 1. The van der Waals surface area contributed by atoms with E-state index >= 15 is 0 Å². The number of nitrogens with zero attached hydrogens (tertiary/aromatic N) is 3. The van der Waals surface area contributed by atoms with Crippen molar-refractivity contribution < 1.29 is 27.3 Å². The quantitative estimate of drug-likeness (QED) is 0.260. The molecule has 2 aromatic heterocycles. The number of ether oxygens (including phenoxy) is 1. The normalized spacial score (nSPS) is 11.0. The first-order valence-electron chi connectivity index (χ1n) is 9.98. The zero-order valence-electron chi connectivity index (χ0n) is 17.8. The van der Waals surface area contributed by atoms with Gasteiger partial charge in [0, 0.05) is 24.1 Å². The highest BCUT2D eigenvalue weighted by Crippen LogP contribution is 2.27. The van der Waals surface area contributed by atoms with Gasteiger partial charge in [0.2, 0.25) is 5.95 Å². The fourth-order valence-corrected chi connectivity index (χ4v) is 3.86. The molecule has 0 bridgehead atoms. The van der Waals surface area contributed by atoms with Gasteiger partial charge in [0.25, 0.3) is 15.9 Å². The maximum atomic E-state index is 12.5. The molecule has 0 saturated carbocycles. The third kappa shape index (κ3) is 5.78. The second kappa shape index (κ2) is 10.0. The lowest BCUT2D eigenvalue weighted by Crippen LogP contribution is -2.15. The molecular weight excluding hydrogens is 478 g/mol. The summed E-state index contributed by atoms with van der Waals surface area (Å²) in [6, 6.07) is 15.9. The van der Waals surface area contributed by atoms with Gasteiger partial charge in [0.15, 0.2) is 11.5 Å². The SMILES string of the molecule is O=C(Nc1ccc(S(=O)(=O)Nc2ncccn2)cc1)c1ccc(COc2ccccc2[N+](=O)[O-])o1. The predicted octanol–water partition coefficient (Wildman–Crippen LogP) is 3.61. The summed E-state index contributed by atoms with van der Waals surface area (Å²) in [6.45, 7) is -0.122. The Hall–Kier alpha value is -4.78. The number of nitro benzene ring substituents is 1. The number of carbonyl (C=O) groups is 1. The van der Waals surface area contributed by atoms with Crippen LogP contribution in [0.15, 0.2) is 88.4 Å². The molecule has 0 saturated heterocycles. The lowest BCUT2D eigenvalue weighted by Gasteiger charge is -2.08. The van der Waals surface area contributed by atoms with Crippen molar-refractivity contribution in [3.05, 3.63) is 101 Å². The molecule has 35 heavy (non-hydrogen) atoms. The van der Waals surface area contributed by atoms with Gasteiger partial charge >= 0.3 is 5.69 Å². The third-order valence-electron chi connectivity index (χ3n) is 4.53. The summed E-state index contributed by atoms with van der Waals surface area (Å²) >= 11 is 0. The molecule has 4 aromatic rings. The molecule has 1 amide bonds. The fourth-order valence-electron chi connectivity index (χ4n) is 2.90. The lowest BCUT2D eigenvalue weighted by molar-refractivity contribution is -0.386. The maximum absolute atomic E-state index is 12.5. The molecule has 0 spiro atoms. The standard InChI is InChI=1S/C22H17N5O7S/c28-21(20-11-8-16(34-20)14-33-19-5-2-1-4-18(19)27(29)30)25-15-6-9-17(10-7-15)35(31,32)26-22-23-12-3-13-24-22/h1-13H,14H2,(H,25,28)(H,23,24,26). The Morgan fingerprint density at radius 1 is 1.00 bits per heavy atom. The van der Waals surface area contributed by atoms with Gasteiger partial charge in [-0.05, 0) is 48.5 Å². The van der Waals surface area contributed by atoms with Crippen molar-refractivity contribution in [2.24, 2.45) is 0 Å². The van der Waals surface area contributed by atoms with Gasteiger partial charge in [-0.25, -0.2) is 23.1 Å². The molecule has 2 aromatic carbocycles. The number of aromatic nitrogens is 2. The molecule has 12 nitrogen and oxygen atoms in total. The van der Waals surface area contributed by atoms with Crippen molar-refractivity contribution >= 4 is 33.3 Å². The number of amides is 1. The second-order valence-corrected chi connectivity index (χ2v) is 8.62. The van der Waals surface area contributed by atoms with Gasteiger partial charge in [-0.1, -0.05) is 12.1 Å². The first-order valence-corrected chi connectivity index (χ1v) is 11.5. The van der Waals surface area contributed by atoms with Crippen LogP contribution in [0.1, 0.15) is 16.3 Å². The largest absolute Gasteiger partial charge is 0.479 e. The summed E-state index contributed by atoms with van der Waals surface area (Å²) in [5.41, 5.74) is 0.146. The zero-order chi connectivity index (χ0) is 24.8. The fraction of sp³-hybridized carbons (Fsp3) is 0.0455. The smallest absolute Gasteiger partial charge is 0.310 e. The second-order valence-electron chi connectivity index (χ2n) is 6.94. The summed E-state index contributed by atoms with van der Waals surface area (Å²) in [5.74, 6) is -0.310. The average molecular weight is 495 g/mol. The van der Waals surface area contributed by atoms with Gasteiger partial charge in [-0.15, -0.1) is 0 Å². The maximum Gasteiger partial charge on any atom is 0.310 e. The molecule has 0 atom stereocenters. The number of sulfonamides is 1. The summed E-state index contributed by atoms with van der Waals surface area (Å²) < 4.78 is 38.0. The van der Waals surface area contributed by atoms with Gasteiger partial charge < -0.3 is 14.5 Å². The minimum absolute atomic E-state index is 0.0225. The van der Waals surface area contributed by atoms with E-state index in [0.717, 1.165) is 0 Å². The monoisotopic (exact) mass is 495 g/mol. The van der Waals surface area contributed by atoms with Gasteiger partial charge in [0.05, 0.1) is 9.82 Å². The van der Waals surface area contributed by atoms with Crippen LogP contribution >= 0.6 is 0 Å². The van der Waals surface area contributed by atoms with Crippen molar-refractivity contribution in [1.29, 1.82) is 0 Å². The number of nitrogens with one attached hydrogen (secondary N) is 2. The van der Waals surface area contributed by atoms with Gasteiger partial charge in [-0.2, -0.15) is 0 Å². The number of carbonyl (C=O) groups excluding carboxylic acids is 1. The Morgan fingerprint density at radius 3 is 2.43 bits per heavy atom. The third-order valence-corrected chi connectivity index (χ3v) is 5.88. The number of rotatable bonds is 9. The predicted molar refractivity (Wildman–Crippen MR) is 123 cm³/mol. The van der Waals surface area contributed by atoms with Crippen LogP contribution in [0, 0.1) is 10.1 Å². The molecule has 0 aliphatic rings. The molecule has 178 valence electrons. The number of benzene rings is 2. The molecule has 0 aliphatic carbocycles. The zero-order valence-corrected chi connectivity index (χ0v) is 18.6. The molecule has 0 radical (unpaired) electrons. The molecule has 4 rings (SSSR count). The topological polar surface area (TPSA) is 167 Å².